The minimum absolute atomic E-state index is 0.455. The molecule has 1 aromatic heterocycles. The number of hydrogen-bond donors (Lipinski definition) is 0. The zero-order chi connectivity index (χ0) is 14.8. The van der Waals surface area contributed by atoms with Gasteiger partial charge in [0.05, 0.1) is 24.0 Å². The fourth-order valence-electron chi connectivity index (χ4n) is 3.33. The molecule has 3 rings (SSSR count). The maximum absolute atomic E-state index is 6.16. The van der Waals surface area contributed by atoms with Crippen LogP contribution in [0.15, 0.2) is 18.2 Å². The number of imidazole rings is 1. The summed E-state index contributed by atoms with van der Waals surface area (Å²) < 4.78 is 7.68. The first-order chi connectivity index (χ1) is 10.3. The Hall–Kier alpha value is -0.870. The summed E-state index contributed by atoms with van der Waals surface area (Å²) in [5, 5.41) is 0.677. The third-order valence-electron chi connectivity index (χ3n) is 4.22. The number of thioether (sulfide) groups is 1. The van der Waals surface area contributed by atoms with Crippen molar-refractivity contribution in [1.82, 2.24) is 9.55 Å². The van der Waals surface area contributed by atoms with Crippen molar-refractivity contribution < 1.29 is 4.74 Å². The summed E-state index contributed by atoms with van der Waals surface area (Å²) in [5.41, 5.74) is 2.16. The van der Waals surface area contributed by atoms with E-state index in [0.717, 1.165) is 22.8 Å². The van der Waals surface area contributed by atoms with Crippen LogP contribution in [0.2, 0.25) is 0 Å². The Bertz CT molecular complexity index is 628. The second-order valence-electron chi connectivity index (χ2n) is 5.38. The normalized spacial score (nSPS) is 22.0. The van der Waals surface area contributed by atoms with E-state index in [1.807, 2.05) is 12.1 Å². The maximum Gasteiger partial charge on any atom is 0.125 e. The Morgan fingerprint density at radius 2 is 2.29 bits per heavy atom. The van der Waals surface area contributed by atoms with E-state index in [4.69, 9.17) is 21.3 Å². The molecule has 2 atom stereocenters. The molecule has 0 saturated heterocycles. The smallest absolute Gasteiger partial charge is 0.125 e. The lowest BCUT2D eigenvalue weighted by Crippen LogP contribution is -2.18. The molecule has 0 aliphatic heterocycles. The third-order valence-corrected chi connectivity index (χ3v) is 5.77. The van der Waals surface area contributed by atoms with Crippen molar-refractivity contribution in [2.45, 2.75) is 43.4 Å². The number of nitrogens with zero attached hydrogens (tertiary/aromatic N) is 2. The standard InChI is InChI=1S/C16H21ClN2OS/c1-3-21-15-6-4-5-14(15)19-13-8-7-11(20-2)9-12(13)18-16(19)10-17/h7-9,14-15H,3-6,10H2,1-2H3. The fourth-order valence-corrected chi connectivity index (χ4v) is 4.76. The van der Waals surface area contributed by atoms with Crippen LogP contribution in [-0.4, -0.2) is 27.7 Å². The summed E-state index contributed by atoms with van der Waals surface area (Å²) in [5.74, 6) is 3.45. The van der Waals surface area contributed by atoms with Gasteiger partial charge in [-0.15, -0.1) is 11.6 Å². The summed E-state index contributed by atoms with van der Waals surface area (Å²) >= 11 is 8.22. The van der Waals surface area contributed by atoms with Gasteiger partial charge in [-0.2, -0.15) is 11.8 Å². The van der Waals surface area contributed by atoms with Crippen LogP contribution in [0, 0.1) is 0 Å². The number of hydrogen-bond acceptors (Lipinski definition) is 3. The van der Waals surface area contributed by atoms with Gasteiger partial charge in [0.15, 0.2) is 0 Å². The highest BCUT2D eigenvalue weighted by atomic mass is 35.5. The monoisotopic (exact) mass is 324 g/mol. The quantitative estimate of drug-likeness (QED) is 0.750. The number of methoxy groups -OCH3 is 1. The van der Waals surface area contributed by atoms with Crippen molar-refractivity contribution >= 4 is 34.4 Å². The van der Waals surface area contributed by atoms with E-state index in [0.29, 0.717) is 17.2 Å². The molecule has 1 heterocycles. The van der Waals surface area contributed by atoms with Gasteiger partial charge >= 0.3 is 0 Å². The molecule has 1 aromatic carbocycles. The minimum atomic E-state index is 0.455. The van der Waals surface area contributed by atoms with Crippen LogP contribution in [0.25, 0.3) is 11.0 Å². The number of halogens is 1. The van der Waals surface area contributed by atoms with Crippen molar-refractivity contribution in [1.29, 1.82) is 0 Å². The molecule has 2 aromatic rings. The van der Waals surface area contributed by atoms with Crippen LogP contribution in [0.4, 0.5) is 0 Å². The summed E-state index contributed by atoms with van der Waals surface area (Å²) in [4.78, 5) is 4.72. The largest absolute Gasteiger partial charge is 0.497 e. The fraction of sp³-hybridized carbons (Fsp3) is 0.562. The molecule has 1 aliphatic rings. The molecule has 0 bridgehead atoms. The highest BCUT2D eigenvalue weighted by Crippen LogP contribution is 2.41. The maximum atomic E-state index is 6.16. The van der Waals surface area contributed by atoms with E-state index < -0.39 is 0 Å². The highest BCUT2D eigenvalue weighted by molar-refractivity contribution is 7.99. The molecule has 114 valence electrons. The van der Waals surface area contributed by atoms with Crippen LogP contribution in [-0.2, 0) is 5.88 Å². The van der Waals surface area contributed by atoms with Gasteiger partial charge in [-0.3, -0.25) is 0 Å². The van der Waals surface area contributed by atoms with E-state index >= 15 is 0 Å². The van der Waals surface area contributed by atoms with Gasteiger partial charge in [-0.25, -0.2) is 4.98 Å². The summed E-state index contributed by atoms with van der Waals surface area (Å²) in [6, 6.07) is 6.64. The Morgan fingerprint density at radius 1 is 1.43 bits per heavy atom. The molecular weight excluding hydrogens is 304 g/mol. The van der Waals surface area contributed by atoms with Crippen LogP contribution in [0.5, 0.6) is 5.75 Å². The van der Waals surface area contributed by atoms with Gasteiger partial charge in [0.2, 0.25) is 0 Å². The Morgan fingerprint density at radius 3 is 3.00 bits per heavy atom. The first kappa shape index (κ1) is 15.0. The number of alkyl halides is 1. The number of aromatic nitrogens is 2. The molecular formula is C16H21ClN2OS. The number of ether oxygens (including phenoxy) is 1. The van der Waals surface area contributed by atoms with Gasteiger partial charge in [0, 0.05) is 17.4 Å². The van der Waals surface area contributed by atoms with Crippen LogP contribution >= 0.6 is 23.4 Å². The summed E-state index contributed by atoms with van der Waals surface area (Å²) in [7, 11) is 1.69. The first-order valence-corrected chi connectivity index (χ1v) is 9.09. The molecule has 1 saturated carbocycles. The van der Waals surface area contributed by atoms with E-state index in [1.165, 1.54) is 24.8 Å². The second kappa shape index (κ2) is 6.49. The van der Waals surface area contributed by atoms with E-state index in [9.17, 15) is 0 Å². The average Bonchev–Trinajstić information content (AvgIpc) is 3.09. The molecule has 1 fully saturated rings. The van der Waals surface area contributed by atoms with Crippen molar-refractivity contribution in [2.75, 3.05) is 12.9 Å². The van der Waals surface area contributed by atoms with Crippen molar-refractivity contribution in [3.05, 3.63) is 24.0 Å². The lowest BCUT2D eigenvalue weighted by Gasteiger charge is -2.23. The molecule has 21 heavy (non-hydrogen) atoms. The molecule has 3 nitrogen and oxygen atoms in total. The van der Waals surface area contributed by atoms with Gasteiger partial charge in [0.25, 0.3) is 0 Å². The van der Waals surface area contributed by atoms with Gasteiger partial charge in [0.1, 0.15) is 11.6 Å². The number of fused-ring (bicyclic) bond motifs is 1. The molecule has 0 amide bonds. The molecule has 1 aliphatic carbocycles. The minimum Gasteiger partial charge on any atom is -0.497 e. The van der Waals surface area contributed by atoms with Crippen LogP contribution < -0.4 is 4.74 Å². The van der Waals surface area contributed by atoms with Gasteiger partial charge in [-0.1, -0.05) is 13.3 Å². The SMILES string of the molecule is CCSC1CCCC1n1c(CCl)nc2cc(OC)ccc21. The Balaban J connectivity index is 2.07. The predicted octanol–water partition coefficient (Wildman–Crippen LogP) is 4.63. The zero-order valence-electron chi connectivity index (χ0n) is 12.5. The van der Waals surface area contributed by atoms with Crippen LogP contribution in [0.3, 0.4) is 0 Å². The van der Waals surface area contributed by atoms with Crippen molar-refractivity contribution in [2.24, 2.45) is 0 Å². The predicted molar refractivity (Wildman–Crippen MR) is 90.7 cm³/mol. The van der Waals surface area contributed by atoms with E-state index in [1.54, 1.807) is 7.11 Å². The Labute approximate surface area is 135 Å². The zero-order valence-corrected chi connectivity index (χ0v) is 14.1. The first-order valence-electron chi connectivity index (χ1n) is 7.51. The number of benzene rings is 1. The van der Waals surface area contributed by atoms with Crippen molar-refractivity contribution in [3.8, 4) is 5.75 Å². The summed E-state index contributed by atoms with van der Waals surface area (Å²) in [6.07, 6.45) is 3.81. The molecule has 0 radical (unpaired) electrons. The van der Waals surface area contributed by atoms with E-state index in [2.05, 4.69) is 29.3 Å². The second-order valence-corrected chi connectivity index (χ2v) is 7.16. The average molecular weight is 325 g/mol. The Kier molecular flexibility index (Phi) is 4.65. The summed E-state index contributed by atoms with van der Waals surface area (Å²) in [6.45, 7) is 2.24. The third kappa shape index (κ3) is 2.76. The van der Waals surface area contributed by atoms with Crippen LogP contribution in [0.1, 0.15) is 38.1 Å². The van der Waals surface area contributed by atoms with Gasteiger partial charge < -0.3 is 9.30 Å². The topological polar surface area (TPSA) is 27.1 Å². The lowest BCUT2D eigenvalue weighted by atomic mass is 10.2. The number of rotatable bonds is 5. The molecule has 2 unspecified atom stereocenters. The molecule has 0 N–H and O–H groups in total. The molecule has 0 spiro atoms. The van der Waals surface area contributed by atoms with Crippen molar-refractivity contribution in [3.63, 3.8) is 0 Å². The lowest BCUT2D eigenvalue weighted by molar-refractivity contribution is 0.415. The van der Waals surface area contributed by atoms with E-state index in [-0.39, 0.29) is 0 Å². The molecule has 5 heteroatoms. The highest BCUT2D eigenvalue weighted by Gasteiger charge is 2.31. The van der Waals surface area contributed by atoms with Gasteiger partial charge in [-0.05, 0) is 30.7 Å².